The lowest BCUT2D eigenvalue weighted by Gasteiger charge is -2.13. The van der Waals surface area contributed by atoms with Crippen molar-refractivity contribution >= 4 is 15.7 Å². The molecule has 0 aliphatic carbocycles. The van der Waals surface area contributed by atoms with Gasteiger partial charge in [-0.1, -0.05) is 24.3 Å². The van der Waals surface area contributed by atoms with Gasteiger partial charge in [-0.25, -0.2) is 8.42 Å². The molecule has 0 saturated carbocycles. The van der Waals surface area contributed by atoms with Crippen molar-refractivity contribution in [3.63, 3.8) is 0 Å². The summed E-state index contributed by atoms with van der Waals surface area (Å²) < 4.78 is 27.8. The van der Waals surface area contributed by atoms with Crippen molar-refractivity contribution in [2.45, 2.75) is 25.3 Å². The van der Waals surface area contributed by atoms with E-state index in [1.807, 2.05) is 44.2 Å². The fourth-order valence-corrected chi connectivity index (χ4v) is 3.63. The Morgan fingerprint density at radius 1 is 1.00 bits per heavy atom. The standard InChI is InChI=1S/C16H20N2O2S/c1-12-8-13(2)10-15(9-12)18-21(19,20)16-7-5-4-6-14(16)11-17-3/h4-10,17-18H,11H2,1-3H3. The molecule has 0 aromatic heterocycles. The molecule has 2 aromatic carbocycles. The first-order valence-corrected chi connectivity index (χ1v) is 8.24. The summed E-state index contributed by atoms with van der Waals surface area (Å²) >= 11 is 0. The number of hydrogen-bond donors (Lipinski definition) is 2. The van der Waals surface area contributed by atoms with Crippen LogP contribution in [0.25, 0.3) is 0 Å². The van der Waals surface area contributed by atoms with Gasteiger partial charge in [-0.15, -0.1) is 0 Å². The molecule has 112 valence electrons. The zero-order valence-corrected chi connectivity index (χ0v) is 13.3. The zero-order valence-electron chi connectivity index (χ0n) is 12.5. The zero-order chi connectivity index (χ0) is 15.5. The Hall–Kier alpha value is -1.85. The summed E-state index contributed by atoms with van der Waals surface area (Å²) in [4.78, 5) is 0.304. The van der Waals surface area contributed by atoms with Crippen LogP contribution in [0.4, 0.5) is 5.69 Å². The molecule has 0 amide bonds. The second kappa shape index (κ2) is 6.28. The van der Waals surface area contributed by atoms with E-state index in [0.29, 0.717) is 17.1 Å². The summed E-state index contributed by atoms with van der Waals surface area (Å²) in [6, 6.07) is 12.7. The monoisotopic (exact) mass is 304 g/mol. The van der Waals surface area contributed by atoms with Crippen LogP contribution in [0.1, 0.15) is 16.7 Å². The first kappa shape index (κ1) is 15.5. The van der Waals surface area contributed by atoms with Gasteiger partial charge in [0.05, 0.1) is 4.90 Å². The molecule has 2 rings (SSSR count). The molecule has 0 unspecified atom stereocenters. The van der Waals surface area contributed by atoms with Crippen molar-refractivity contribution in [3.05, 3.63) is 59.2 Å². The molecule has 0 aliphatic rings. The van der Waals surface area contributed by atoms with Gasteiger partial charge in [-0.3, -0.25) is 4.72 Å². The molecule has 0 fully saturated rings. The third-order valence-corrected chi connectivity index (χ3v) is 4.58. The van der Waals surface area contributed by atoms with Crippen LogP contribution in [0.15, 0.2) is 47.4 Å². The number of aryl methyl sites for hydroxylation is 2. The maximum atomic E-state index is 12.6. The lowest BCUT2D eigenvalue weighted by molar-refractivity contribution is 0.599. The average molecular weight is 304 g/mol. The number of hydrogen-bond acceptors (Lipinski definition) is 3. The molecular weight excluding hydrogens is 284 g/mol. The smallest absolute Gasteiger partial charge is 0.262 e. The van der Waals surface area contributed by atoms with E-state index in [4.69, 9.17) is 0 Å². The van der Waals surface area contributed by atoms with E-state index in [0.717, 1.165) is 16.7 Å². The summed E-state index contributed by atoms with van der Waals surface area (Å²) in [5.41, 5.74) is 3.39. The highest BCUT2D eigenvalue weighted by Gasteiger charge is 2.18. The van der Waals surface area contributed by atoms with Crippen LogP contribution in [-0.4, -0.2) is 15.5 Å². The Morgan fingerprint density at radius 3 is 2.24 bits per heavy atom. The van der Waals surface area contributed by atoms with Gasteiger partial charge < -0.3 is 5.32 Å². The molecule has 4 nitrogen and oxygen atoms in total. The first-order chi connectivity index (χ1) is 9.92. The molecule has 0 spiro atoms. The topological polar surface area (TPSA) is 58.2 Å². The minimum Gasteiger partial charge on any atom is -0.316 e. The van der Waals surface area contributed by atoms with Crippen LogP contribution in [-0.2, 0) is 16.6 Å². The second-order valence-electron chi connectivity index (χ2n) is 5.12. The van der Waals surface area contributed by atoms with Crippen molar-refractivity contribution in [2.24, 2.45) is 0 Å². The van der Waals surface area contributed by atoms with Gasteiger partial charge >= 0.3 is 0 Å². The Bertz CT molecular complexity index is 719. The predicted octanol–water partition coefficient (Wildman–Crippen LogP) is 2.82. The minimum atomic E-state index is -3.59. The van der Waals surface area contributed by atoms with Crippen LogP contribution in [0, 0.1) is 13.8 Å². The minimum absolute atomic E-state index is 0.304. The maximum Gasteiger partial charge on any atom is 0.262 e. The van der Waals surface area contributed by atoms with Crippen LogP contribution in [0.5, 0.6) is 0 Å². The van der Waals surface area contributed by atoms with Gasteiger partial charge in [0.25, 0.3) is 10.0 Å². The predicted molar refractivity (Wildman–Crippen MR) is 85.9 cm³/mol. The van der Waals surface area contributed by atoms with Gasteiger partial charge in [0.15, 0.2) is 0 Å². The molecule has 0 bridgehead atoms. The molecule has 0 heterocycles. The van der Waals surface area contributed by atoms with E-state index in [1.165, 1.54) is 0 Å². The van der Waals surface area contributed by atoms with Crippen molar-refractivity contribution in [3.8, 4) is 0 Å². The number of sulfonamides is 1. The molecule has 2 aromatic rings. The number of benzene rings is 2. The summed E-state index contributed by atoms with van der Waals surface area (Å²) in [5, 5.41) is 2.99. The average Bonchev–Trinajstić information content (AvgIpc) is 2.37. The first-order valence-electron chi connectivity index (χ1n) is 6.76. The fourth-order valence-electron chi connectivity index (χ4n) is 2.35. The normalized spacial score (nSPS) is 11.4. The number of nitrogens with one attached hydrogen (secondary N) is 2. The summed E-state index contributed by atoms with van der Waals surface area (Å²) in [6.07, 6.45) is 0. The SMILES string of the molecule is CNCc1ccccc1S(=O)(=O)Nc1cc(C)cc(C)c1. The third kappa shape index (κ3) is 3.83. The van der Waals surface area contributed by atoms with E-state index in [2.05, 4.69) is 10.0 Å². The van der Waals surface area contributed by atoms with Gasteiger partial charge in [0.1, 0.15) is 0 Å². The van der Waals surface area contributed by atoms with Crippen molar-refractivity contribution in [1.29, 1.82) is 0 Å². The van der Waals surface area contributed by atoms with Crippen molar-refractivity contribution in [1.82, 2.24) is 5.32 Å². The van der Waals surface area contributed by atoms with Gasteiger partial charge in [-0.2, -0.15) is 0 Å². The number of rotatable bonds is 5. The molecule has 0 aliphatic heterocycles. The quantitative estimate of drug-likeness (QED) is 0.893. The van der Waals surface area contributed by atoms with E-state index < -0.39 is 10.0 Å². The Kier molecular flexibility index (Phi) is 4.65. The van der Waals surface area contributed by atoms with Crippen LogP contribution < -0.4 is 10.0 Å². The highest BCUT2D eigenvalue weighted by atomic mass is 32.2. The van der Waals surface area contributed by atoms with Gasteiger partial charge in [-0.05, 0) is 55.8 Å². The van der Waals surface area contributed by atoms with E-state index in [9.17, 15) is 8.42 Å². The maximum absolute atomic E-state index is 12.6. The molecule has 21 heavy (non-hydrogen) atoms. The van der Waals surface area contributed by atoms with E-state index in [-0.39, 0.29) is 0 Å². The molecule has 0 radical (unpaired) electrons. The van der Waals surface area contributed by atoms with Crippen LogP contribution >= 0.6 is 0 Å². The highest BCUT2D eigenvalue weighted by Crippen LogP contribution is 2.21. The third-order valence-electron chi connectivity index (χ3n) is 3.10. The van der Waals surface area contributed by atoms with Crippen molar-refractivity contribution < 1.29 is 8.42 Å². The van der Waals surface area contributed by atoms with Crippen molar-refractivity contribution in [2.75, 3.05) is 11.8 Å². The summed E-state index contributed by atoms with van der Waals surface area (Å²) in [7, 11) is -1.80. The molecule has 0 saturated heterocycles. The summed E-state index contributed by atoms with van der Waals surface area (Å²) in [6.45, 7) is 4.39. The molecule has 5 heteroatoms. The Morgan fingerprint density at radius 2 is 1.62 bits per heavy atom. The largest absolute Gasteiger partial charge is 0.316 e. The highest BCUT2D eigenvalue weighted by molar-refractivity contribution is 7.92. The van der Waals surface area contributed by atoms with Gasteiger partial charge in [0.2, 0.25) is 0 Å². The molecule has 0 atom stereocenters. The van der Waals surface area contributed by atoms with E-state index >= 15 is 0 Å². The van der Waals surface area contributed by atoms with Crippen LogP contribution in [0.3, 0.4) is 0 Å². The lowest BCUT2D eigenvalue weighted by Crippen LogP contribution is -2.17. The molecule has 2 N–H and O–H groups in total. The Balaban J connectivity index is 2.38. The van der Waals surface area contributed by atoms with E-state index in [1.54, 1.807) is 19.2 Å². The fraction of sp³-hybridized carbons (Fsp3) is 0.250. The Labute approximate surface area is 126 Å². The summed E-state index contributed by atoms with van der Waals surface area (Å²) in [5.74, 6) is 0. The molecular formula is C16H20N2O2S. The number of anilines is 1. The second-order valence-corrected chi connectivity index (χ2v) is 6.77. The van der Waals surface area contributed by atoms with Crippen LogP contribution in [0.2, 0.25) is 0 Å². The van der Waals surface area contributed by atoms with Gasteiger partial charge in [0, 0.05) is 12.2 Å². The lowest BCUT2D eigenvalue weighted by atomic mass is 10.1.